The SMILES string of the molecule is O=C(Nc1cccc(Cl)c1Cl)c1cc(-c2cc3ccccc3o2)nc2ccccc12. The van der Waals surface area contributed by atoms with Gasteiger partial charge in [-0.1, -0.05) is 65.7 Å². The van der Waals surface area contributed by atoms with E-state index in [2.05, 4.69) is 5.32 Å². The van der Waals surface area contributed by atoms with Gasteiger partial charge in [-0.2, -0.15) is 0 Å². The largest absolute Gasteiger partial charge is 0.454 e. The number of fused-ring (bicyclic) bond motifs is 2. The second-order valence-electron chi connectivity index (χ2n) is 6.78. The van der Waals surface area contributed by atoms with E-state index in [0.29, 0.717) is 38.3 Å². The molecule has 0 aliphatic rings. The number of carbonyl (C=O) groups is 1. The minimum atomic E-state index is -0.310. The monoisotopic (exact) mass is 432 g/mol. The van der Waals surface area contributed by atoms with Crippen molar-refractivity contribution in [2.45, 2.75) is 0 Å². The van der Waals surface area contributed by atoms with Crippen LogP contribution in [0.3, 0.4) is 0 Å². The summed E-state index contributed by atoms with van der Waals surface area (Å²) in [5.41, 5.74) is 2.94. The minimum absolute atomic E-state index is 0.295. The lowest BCUT2D eigenvalue weighted by atomic mass is 10.1. The summed E-state index contributed by atoms with van der Waals surface area (Å²) in [7, 11) is 0. The first-order valence-corrected chi connectivity index (χ1v) is 10.00. The third-order valence-corrected chi connectivity index (χ3v) is 5.66. The highest BCUT2D eigenvalue weighted by Gasteiger charge is 2.17. The Kier molecular flexibility index (Phi) is 4.66. The second-order valence-corrected chi connectivity index (χ2v) is 7.56. The first kappa shape index (κ1) is 18.7. The van der Waals surface area contributed by atoms with Crippen LogP contribution in [0.2, 0.25) is 10.0 Å². The van der Waals surface area contributed by atoms with Crippen molar-refractivity contribution in [2.24, 2.45) is 0 Å². The van der Waals surface area contributed by atoms with E-state index in [1.54, 1.807) is 24.3 Å². The maximum atomic E-state index is 13.2. The summed E-state index contributed by atoms with van der Waals surface area (Å²) in [6.07, 6.45) is 0. The van der Waals surface area contributed by atoms with Crippen molar-refractivity contribution in [2.75, 3.05) is 5.32 Å². The Hall–Kier alpha value is -3.34. The van der Waals surface area contributed by atoms with Crippen LogP contribution in [0.1, 0.15) is 10.4 Å². The molecule has 0 aliphatic heterocycles. The van der Waals surface area contributed by atoms with Gasteiger partial charge in [0.25, 0.3) is 5.91 Å². The zero-order valence-corrected chi connectivity index (χ0v) is 17.0. The standard InChI is InChI=1S/C24H14Cl2N2O2/c25-17-8-5-10-19(23(17)26)28-24(29)16-13-20(27-18-9-3-2-7-15(16)18)22-12-14-6-1-4-11-21(14)30-22/h1-13H,(H,28,29). The lowest BCUT2D eigenvalue weighted by Gasteiger charge is -2.11. The number of anilines is 1. The van der Waals surface area contributed by atoms with E-state index in [1.807, 2.05) is 54.6 Å². The van der Waals surface area contributed by atoms with Gasteiger partial charge < -0.3 is 9.73 Å². The van der Waals surface area contributed by atoms with Crippen LogP contribution >= 0.6 is 23.2 Å². The van der Waals surface area contributed by atoms with Crippen LogP contribution in [-0.4, -0.2) is 10.9 Å². The van der Waals surface area contributed by atoms with Gasteiger partial charge in [0.2, 0.25) is 0 Å². The molecule has 1 amide bonds. The lowest BCUT2D eigenvalue weighted by Crippen LogP contribution is -2.13. The van der Waals surface area contributed by atoms with Gasteiger partial charge in [-0.05, 0) is 36.4 Å². The molecule has 0 spiro atoms. The fourth-order valence-corrected chi connectivity index (χ4v) is 3.74. The molecule has 4 nitrogen and oxygen atoms in total. The van der Waals surface area contributed by atoms with Crippen molar-refractivity contribution in [1.82, 2.24) is 4.98 Å². The Labute approximate surface area is 182 Å². The number of aromatic nitrogens is 1. The number of furan rings is 1. The molecule has 0 fully saturated rings. The molecule has 5 rings (SSSR count). The summed E-state index contributed by atoms with van der Waals surface area (Å²) in [4.78, 5) is 17.9. The summed E-state index contributed by atoms with van der Waals surface area (Å²) < 4.78 is 5.96. The Morgan fingerprint density at radius 1 is 0.900 bits per heavy atom. The van der Waals surface area contributed by atoms with Crippen molar-refractivity contribution < 1.29 is 9.21 Å². The molecule has 0 unspecified atom stereocenters. The van der Waals surface area contributed by atoms with Crippen LogP contribution in [-0.2, 0) is 0 Å². The molecule has 0 atom stereocenters. The summed E-state index contributed by atoms with van der Waals surface area (Å²) in [6.45, 7) is 0. The second kappa shape index (κ2) is 7.48. The van der Waals surface area contributed by atoms with E-state index >= 15 is 0 Å². The number of benzene rings is 3. The van der Waals surface area contributed by atoms with Crippen LogP contribution in [0.4, 0.5) is 5.69 Å². The van der Waals surface area contributed by atoms with Crippen LogP contribution < -0.4 is 5.32 Å². The van der Waals surface area contributed by atoms with Gasteiger partial charge in [0.05, 0.1) is 26.8 Å². The van der Waals surface area contributed by atoms with E-state index in [0.717, 1.165) is 16.4 Å². The van der Waals surface area contributed by atoms with Crippen molar-refractivity contribution in [1.29, 1.82) is 0 Å². The molecule has 3 aromatic carbocycles. The maximum absolute atomic E-state index is 13.2. The van der Waals surface area contributed by atoms with E-state index in [9.17, 15) is 4.79 Å². The van der Waals surface area contributed by atoms with Gasteiger partial charge in [0, 0.05) is 10.8 Å². The Morgan fingerprint density at radius 3 is 2.57 bits per heavy atom. The Morgan fingerprint density at radius 2 is 1.70 bits per heavy atom. The number of pyridine rings is 1. The summed E-state index contributed by atoms with van der Waals surface area (Å²) in [5, 5.41) is 5.22. The minimum Gasteiger partial charge on any atom is -0.454 e. The molecule has 5 aromatic rings. The highest BCUT2D eigenvalue weighted by atomic mass is 35.5. The van der Waals surface area contributed by atoms with Crippen LogP contribution in [0.15, 0.2) is 83.3 Å². The molecule has 2 heterocycles. The number of hydrogen-bond acceptors (Lipinski definition) is 3. The van der Waals surface area contributed by atoms with Crippen molar-refractivity contribution in [3.8, 4) is 11.5 Å². The van der Waals surface area contributed by atoms with Gasteiger partial charge in [-0.3, -0.25) is 4.79 Å². The summed E-state index contributed by atoms with van der Waals surface area (Å²) in [6, 6.07) is 24.0. The van der Waals surface area contributed by atoms with E-state index in [1.165, 1.54) is 0 Å². The number of halogens is 2. The van der Waals surface area contributed by atoms with Crippen molar-refractivity contribution in [3.05, 3.63) is 94.5 Å². The first-order chi connectivity index (χ1) is 14.6. The fourth-order valence-electron chi connectivity index (χ4n) is 3.39. The summed E-state index contributed by atoms with van der Waals surface area (Å²) >= 11 is 12.3. The van der Waals surface area contributed by atoms with E-state index in [4.69, 9.17) is 32.6 Å². The van der Waals surface area contributed by atoms with Crippen molar-refractivity contribution >= 4 is 56.7 Å². The third kappa shape index (κ3) is 3.30. The summed E-state index contributed by atoms with van der Waals surface area (Å²) in [5.74, 6) is 0.284. The number of para-hydroxylation sites is 2. The number of nitrogens with one attached hydrogen (secondary N) is 1. The predicted molar refractivity (Wildman–Crippen MR) is 121 cm³/mol. The Balaban J connectivity index is 1.63. The quantitative estimate of drug-likeness (QED) is 0.327. The predicted octanol–water partition coefficient (Wildman–Crippen LogP) is 7.21. The molecule has 6 heteroatoms. The lowest BCUT2D eigenvalue weighted by molar-refractivity contribution is 0.102. The average molecular weight is 433 g/mol. The highest BCUT2D eigenvalue weighted by Crippen LogP contribution is 2.32. The number of rotatable bonds is 3. The highest BCUT2D eigenvalue weighted by molar-refractivity contribution is 6.44. The molecule has 0 saturated heterocycles. The van der Waals surface area contributed by atoms with Gasteiger partial charge in [-0.25, -0.2) is 4.98 Å². The molecule has 30 heavy (non-hydrogen) atoms. The zero-order chi connectivity index (χ0) is 20.7. The number of carbonyl (C=O) groups excluding carboxylic acids is 1. The van der Waals surface area contributed by atoms with Crippen LogP contribution in [0, 0.1) is 0 Å². The molecule has 0 aliphatic carbocycles. The topological polar surface area (TPSA) is 55.1 Å². The fraction of sp³-hybridized carbons (Fsp3) is 0. The molecular formula is C24H14Cl2N2O2. The smallest absolute Gasteiger partial charge is 0.256 e. The number of nitrogens with zero attached hydrogens (tertiary/aromatic N) is 1. The average Bonchev–Trinajstić information content (AvgIpc) is 3.20. The number of amides is 1. The molecule has 1 N–H and O–H groups in total. The molecule has 146 valence electrons. The molecule has 0 saturated carbocycles. The van der Waals surface area contributed by atoms with Gasteiger partial charge in [0.15, 0.2) is 5.76 Å². The van der Waals surface area contributed by atoms with Crippen LogP contribution in [0.5, 0.6) is 0 Å². The van der Waals surface area contributed by atoms with Crippen LogP contribution in [0.25, 0.3) is 33.3 Å². The normalized spacial score (nSPS) is 11.1. The zero-order valence-electron chi connectivity index (χ0n) is 15.5. The van der Waals surface area contributed by atoms with Gasteiger partial charge in [-0.15, -0.1) is 0 Å². The van der Waals surface area contributed by atoms with Gasteiger partial charge >= 0.3 is 0 Å². The van der Waals surface area contributed by atoms with E-state index < -0.39 is 0 Å². The third-order valence-electron chi connectivity index (χ3n) is 4.84. The molecular weight excluding hydrogens is 419 g/mol. The van der Waals surface area contributed by atoms with E-state index in [-0.39, 0.29) is 5.91 Å². The molecule has 2 aromatic heterocycles. The van der Waals surface area contributed by atoms with Gasteiger partial charge in [0.1, 0.15) is 11.3 Å². The molecule has 0 radical (unpaired) electrons. The molecule has 0 bridgehead atoms. The first-order valence-electron chi connectivity index (χ1n) is 9.24. The van der Waals surface area contributed by atoms with Crippen molar-refractivity contribution in [3.63, 3.8) is 0 Å². The Bertz CT molecular complexity index is 1390. The maximum Gasteiger partial charge on any atom is 0.256 e. The number of hydrogen-bond donors (Lipinski definition) is 1.